The van der Waals surface area contributed by atoms with Crippen LogP contribution in [0.4, 0.5) is 5.69 Å². The summed E-state index contributed by atoms with van der Waals surface area (Å²) < 4.78 is 5.50. The number of nitrogens with zero attached hydrogens (tertiary/aromatic N) is 4. The summed E-state index contributed by atoms with van der Waals surface area (Å²) in [5.74, 6) is 1.14. The van der Waals surface area contributed by atoms with Crippen molar-refractivity contribution in [1.82, 2.24) is 15.2 Å². The maximum atomic E-state index is 5.89. The quantitative estimate of drug-likeness (QED) is 0.646. The van der Waals surface area contributed by atoms with Gasteiger partial charge in [-0.2, -0.15) is 4.98 Å². The standard InChI is InChI=1S/C17H11ClN4OS/c18-12-7-5-11(6-8-12)9-24-17-20-16-15(21-22-17)13-3-1-2-4-14(13)19-10-23-16/h1-8,10H,9H2. The van der Waals surface area contributed by atoms with Crippen LogP contribution in [-0.4, -0.2) is 21.6 Å². The highest BCUT2D eigenvalue weighted by Gasteiger charge is 2.18. The molecule has 118 valence electrons. The molecule has 0 unspecified atom stereocenters. The minimum atomic E-state index is 0.414. The molecule has 1 aliphatic heterocycles. The topological polar surface area (TPSA) is 60.3 Å². The molecule has 7 heteroatoms. The lowest BCUT2D eigenvalue weighted by molar-refractivity contribution is 0.533. The predicted octanol–water partition coefficient (Wildman–Crippen LogP) is 4.54. The van der Waals surface area contributed by atoms with E-state index in [0.717, 1.165) is 27.6 Å². The molecule has 0 N–H and O–H groups in total. The second-order valence-electron chi connectivity index (χ2n) is 5.03. The van der Waals surface area contributed by atoms with Crippen LogP contribution in [-0.2, 0) is 5.75 Å². The molecule has 0 saturated heterocycles. The van der Waals surface area contributed by atoms with E-state index in [1.54, 1.807) is 0 Å². The zero-order valence-electron chi connectivity index (χ0n) is 12.4. The normalized spacial score (nSPS) is 12.0. The van der Waals surface area contributed by atoms with Gasteiger partial charge < -0.3 is 4.74 Å². The largest absolute Gasteiger partial charge is 0.425 e. The van der Waals surface area contributed by atoms with Gasteiger partial charge in [0.1, 0.15) is 0 Å². The molecule has 0 fully saturated rings. The van der Waals surface area contributed by atoms with Crippen LogP contribution < -0.4 is 4.74 Å². The van der Waals surface area contributed by atoms with Gasteiger partial charge in [-0.15, -0.1) is 10.2 Å². The fraction of sp³-hybridized carbons (Fsp3) is 0.0588. The minimum Gasteiger partial charge on any atom is -0.425 e. The van der Waals surface area contributed by atoms with E-state index in [0.29, 0.717) is 16.7 Å². The zero-order valence-corrected chi connectivity index (χ0v) is 14.0. The van der Waals surface area contributed by atoms with Crippen molar-refractivity contribution in [2.75, 3.05) is 0 Å². The molecule has 4 rings (SSSR count). The number of fused-ring (bicyclic) bond motifs is 3. The highest BCUT2D eigenvalue weighted by atomic mass is 35.5. The number of benzene rings is 2. The first-order valence-corrected chi connectivity index (χ1v) is 8.56. The first-order valence-electron chi connectivity index (χ1n) is 7.20. The summed E-state index contributed by atoms with van der Waals surface area (Å²) in [5, 5.41) is 9.77. The van der Waals surface area contributed by atoms with Crippen LogP contribution in [0, 0.1) is 0 Å². The van der Waals surface area contributed by atoms with Crippen LogP contribution in [0.25, 0.3) is 11.3 Å². The van der Waals surface area contributed by atoms with Gasteiger partial charge in [-0.1, -0.05) is 53.7 Å². The Morgan fingerprint density at radius 2 is 1.83 bits per heavy atom. The Kier molecular flexibility index (Phi) is 4.15. The molecule has 1 aromatic heterocycles. The second kappa shape index (κ2) is 6.59. The summed E-state index contributed by atoms with van der Waals surface area (Å²) in [6.45, 7) is 0. The van der Waals surface area contributed by atoms with Crippen molar-refractivity contribution in [3.05, 3.63) is 59.1 Å². The molecular weight excluding hydrogens is 344 g/mol. The molecule has 0 spiro atoms. The Hall–Kier alpha value is -2.44. The lowest BCUT2D eigenvalue weighted by Gasteiger charge is -2.06. The number of rotatable bonds is 3. The van der Waals surface area contributed by atoms with Crippen LogP contribution in [0.2, 0.25) is 5.02 Å². The fourth-order valence-corrected chi connectivity index (χ4v) is 3.12. The summed E-state index contributed by atoms with van der Waals surface area (Å²) in [6.07, 6.45) is 1.38. The molecule has 0 radical (unpaired) electrons. The molecule has 0 saturated carbocycles. The van der Waals surface area contributed by atoms with Crippen LogP contribution in [0.5, 0.6) is 5.88 Å². The Labute approximate surface area is 147 Å². The van der Waals surface area contributed by atoms with E-state index in [1.165, 1.54) is 18.2 Å². The summed E-state index contributed by atoms with van der Waals surface area (Å²) in [7, 11) is 0. The number of hydrogen-bond acceptors (Lipinski definition) is 6. The van der Waals surface area contributed by atoms with E-state index < -0.39 is 0 Å². The van der Waals surface area contributed by atoms with Crippen LogP contribution >= 0.6 is 23.4 Å². The van der Waals surface area contributed by atoms with Gasteiger partial charge in [-0.3, -0.25) is 0 Å². The molecule has 24 heavy (non-hydrogen) atoms. The van der Waals surface area contributed by atoms with E-state index in [-0.39, 0.29) is 0 Å². The number of aliphatic imine (C=N–C) groups is 1. The van der Waals surface area contributed by atoms with Crippen molar-refractivity contribution in [2.24, 2.45) is 4.99 Å². The number of thioether (sulfide) groups is 1. The molecule has 5 nitrogen and oxygen atoms in total. The summed E-state index contributed by atoms with van der Waals surface area (Å²) in [4.78, 5) is 8.71. The monoisotopic (exact) mass is 354 g/mol. The molecule has 0 bridgehead atoms. The third kappa shape index (κ3) is 3.11. The van der Waals surface area contributed by atoms with E-state index in [4.69, 9.17) is 16.3 Å². The van der Waals surface area contributed by atoms with Gasteiger partial charge in [0.2, 0.25) is 5.16 Å². The van der Waals surface area contributed by atoms with Crippen molar-refractivity contribution in [1.29, 1.82) is 0 Å². The highest BCUT2D eigenvalue weighted by molar-refractivity contribution is 7.98. The first kappa shape index (κ1) is 15.1. The van der Waals surface area contributed by atoms with Gasteiger partial charge in [0.05, 0.1) is 5.69 Å². The fourth-order valence-electron chi connectivity index (χ4n) is 2.26. The van der Waals surface area contributed by atoms with E-state index in [9.17, 15) is 0 Å². The molecule has 0 atom stereocenters. The maximum absolute atomic E-state index is 5.89. The summed E-state index contributed by atoms with van der Waals surface area (Å²) >= 11 is 7.38. The molecular formula is C17H11ClN4OS. The van der Waals surface area contributed by atoms with Crippen molar-refractivity contribution < 1.29 is 4.74 Å². The van der Waals surface area contributed by atoms with Crippen LogP contribution in [0.1, 0.15) is 5.56 Å². The van der Waals surface area contributed by atoms with Crippen molar-refractivity contribution in [3.63, 3.8) is 0 Å². The van der Waals surface area contributed by atoms with Gasteiger partial charge in [-0.25, -0.2) is 4.99 Å². The van der Waals surface area contributed by atoms with E-state index >= 15 is 0 Å². The van der Waals surface area contributed by atoms with Gasteiger partial charge in [0.25, 0.3) is 5.88 Å². The predicted molar refractivity (Wildman–Crippen MR) is 95.1 cm³/mol. The number of para-hydroxylation sites is 1. The Balaban J connectivity index is 1.59. The molecule has 2 aromatic carbocycles. The van der Waals surface area contributed by atoms with Gasteiger partial charge >= 0.3 is 0 Å². The average Bonchev–Trinajstić information content (AvgIpc) is 2.80. The summed E-state index contributed by atoms with van der Waals surface area (Å²) in [5.41, 5.74) is 3.37. The van der Waals surface area contributed by atoms with E-state index in [2.05, 4.69) is 20.2 Å². The number of ether oxygens (including phenoxy) is 1. The number of halogens is 1. The Morgan fingerprint density at radius 3 is 2.71 bits per heavy atom. The molecule has 0 amide bonds. The Bertz CT molecular complexity index is 915. The van der Waals surface area contributed by atoms with Crippen molar-refractivity contribution in [3.8, 4) is 17.1 Å². The average molecular weight is 355 g/mol. The van der Waals surface area contributed by atoms with Gasteiger partial charge in [-0.05, 0) is 23.8 Å². The first-order chi connectivity index (χ1) is 11.8. The van der Waals surface area contributed by atoms with E-state index in [1.807, 2.05) is 48.5 Å². The molecule has 1 aliphatic rings. The zero-order chi connectivity index (χ0) is 16.4. The van der Waals surface area contributed by atoms with Crippen LogP contribution in [0.3, 0.4) is 0 Å². The molecule has 3 aromatic rings. The lowest BCUT2D eigenvalue weighted by atomic mass is 10.1. The minimum absolute atomic E-state index is 0.414. The Morgan fingerprint density at radius 1 is 1.00 bits per heavy atom. The van der Waals surface area contributed by atoms with Gasteiger partial charge in [0, 0.05) is 16.3 Å². The number of hydrogen-bond donors (Lipinski definition) is 0. The summed E-state index contributed by atoms with van der Waals surface area (Å²) in [6, 6.07) is 15.4. The smallest absolute Gasteiger partial charge is 0.251 e. The third-order valence-corrected chi connectivity index (χ3v) is 4.59. The van der Waals surface area contributed by atoms with Crippen molar-refractivity contribution in [2.45, 2.75) is 10.9 Å². The molecule has 2 heterocycles. The highest BCUT2D eigenvalue weighted by Crippen LogP contribution is 2.35. The van der Waals surface area contributed by atoms with Crippen molar-refractivity contribution >= 4 is 35.5 Å². The third-order valence-electron chi connectivity index (χ3n) is 3.43. The maximum Gasteiger partial charge on any atom is 0.251 e. The SMILES string of the molecule is Clc1ccc(CSc2nnc3c(n2)OC=Nc2ccccc2-3)cc1. The second-order valence-corrected chi connectivity index (χ2v) is 6.41. The lowest BCUT2D eigenvalue weighted by Crippen LogP contribution is -2.00. The number of aromatic nitrogens is 3. The van der Waals surface area contributed by atoms with Crippen LogP contribution in [0.15, 0.2) is 58.7 Å². The van der Waals surface area contributed by atoms with Gasteiger partial charge in [0.15, 0.2) is 12.1 Å². The molecule has 0 aliphatic carbocycles.